The van der Waals surface area contributed by atoms with E-state index in [1.807, 2.05) is 25.9 Å². The molecule has 0 bridgehead atoms. The molecule has 0 unspecified atom stereocenters. The average Bonchev–Trinajstić information content (AvgIpc) is 2.52. The molecule has 23 heavy (non-hydrogen) atoms. The summed E-state index contributed by atoms with van der Waals surface area (Å²) in [6, 6.07) is 3.92. The number of nitrogens with one attached hydrogen (secondary N) is 1. The van der Waals surface area contributed by atoms with E-state index < -0.39 is 17.2 Å². The van der Waals surface area contributed by atoms with Crippen molar-refractivity contribution < 1.29 is 9.18 Å². The number of benzene rings is 1. The molecule has 1 aromatic carbocycles. The van der Waals surface area contributed by atoms with E-state index in [1.165, 1.54) is 16.8 Å². The molecule has 0 saturated heterocycles. The van der Waals surface area contributed by atoms with E-state index in [2.05, 4.69) is 10.4 Å². The third-order valence-electron chi connectivity index (χ3n) is 3.50. The summed E-state index contributed by atoms with van der Waals surface area (Å²) in [6.07, 6.45) is 0.767. The van der Waals surface area contributed by atoms with Crippen molar-refractivity contribution in [3.05, 3.63) is 39.9 Å². The highest BCUT2D eigenvalue weighted by atomic mass is 19.1. The minimum atomic E-state index is -0.547. The van der Waals surface area contributed by atoms with Crippen LogP contribution >= 0.6 is 0 Å². The van der Waals surface area contributed by atoms with E-state index in [0.717, 1.165) is 19.0 Å². The molecule has 0 atom stereocenters. The Kier molecular flexibility index (Phi) is 5.44. The molecule has 0 radical (unpaired) electrons. The van der Waals surface area contributed by atoms with Gasteiger partial charge in [0, 0.05) is 13.1 Å². The zero-order valence-electron chi connectivity index (χ0n) is 13.6. The molecule has 0 aliphatic heterocycles. The van der Waals surface area contributed by atoms with Gasteiger partial charge in [-0.3, -0.25) is 14.3 Å². The van der Waals surface area contributed by atoms with Gasteiger partial charge in [0.25, 0.3) is 5.91 Å². The molecule has 7 heteroatoms. The lowest BCUT2D eigenvalue weighted by atomic mass is 10.2. The van der Waals surface area contributed by atoms with Gasteiger partial charge in [-0.1, -0.05) is 0 Å². The van der Waals surface area contributed by atoms with Gasteiger partial charge in [0.2, 0.25) is 5.43 Å². The summed E-state index contributed by atoms with van der Waals surface area (Å²) in [4.78, 5) is 26.6. The number of rotatable bonds is 6. The first-order valence-corrected chi connectivity index (χ1v) is 7.57. The maximum absolute atomic E-state index is 13.4. The highest BCUT2D eigenvalue weighted by Crippen LogP contribution is 2.12. The maximum atomic E-state index is 13.4. The van der Waals surface area contributed by atoms with Crippen LogP contribution in [-0.4, -0.2) is 47.8 Å². The van der Waals surface area contributed by atoms with Crippen LogP contribution in [0.3, 0.4) is 0 Å². The van der Waals surface area contributed by atoms with Crippen molar-refractivity contribution >= 4 is 16.8 Å². The summed E-state index contributed by atoms with van der Waals surface area (Å²) < 4.78 is 15.0. The molecule has 124 valence electrons. The van der Waals surface area contributed by atoms with E-state index in [1.54, 1.807) is 0 Å². The average molecular weight is 320 g/mol. The van der Waals surface area contributed by atoms with Crippen molar-refractivity contribution in [2.45, 2.75) is 19.9 Å². The lowest BCUT2D eigenvalue weighted by molar-refractivity contribution is 0.0944. The Morgan fingerprint density at radius 3 is 2.78 bits per heavy atom. The number of nitrogens with zero attached hydrogens (tertiary/aromatic N) is 3. The summed E-state index contributed by atoms with van der Waals surface area (Å²) in [6.45, 7) is 3.60. The monoisotopic (exact) mass is 320 g/mol. The molecule has 0 saturated carbocycles. The van der Waals surface area contributed by atoms with Crippen molar-refractivity contribution in [1.29, 1.82) is 0 Å². The van der Waals surface area contributed by atoms with E-state index in [9.17, 15) is 14.0 Å². The maximum Gasteiger partial charge on any atom is 0.275 e. The van der Waals surface area contributed by atoms with E-state index in [4.69, 9.17) is 0 Å². The number of hydrogen-bond donors (Lipinski definition) is 1. The standard InChI is InChI=1S/C16H21FN4O2/c1-4-21-13-7-6-11(17)10-12(13)15(22)14(19-21)16(23)18-8-5-9-20(2)3/h6-7,10H,4-5,8-9H2,1-3H3,(H,18,23). The number of aromatic nitrogens is 2. The van der Waals surface area contributed by atoms with Crippen LogP contribution in [0, 0.1) is 5.82 Å². The van der Waals surface area contributed by atoms with Crippen molar-refractivity contribution in [3.8, 4) is 0 Å². The molecule has 0 fully saturated rings. The second-order valence-electron chi connectivity index (χ2n) is 5.57. The van der Waals surface area contributed by atoms with Gasteiger partial charge in [0.1, 0.15) is 5.82 Å². The fourth-order valence-corrected chi connectivity index (χ4v) is 2.33. The van der Waals surface area contributed by atoms with Crippen molar-refractivity contribution in [2.75, 3.05) is 27.2 Å². The van der Waals surface area contributed by atoms with Gasteiger partial charge in [0.15, 0.2) is 5.69 Å². The van der Waals surface area contributed by atoms with Gasteiger partial charge in [-0.15, -0.1) is 0 Å². The van der Waals surface area contributed by atoms with E-state index >= 15 is 0 Å². The second kappa shape index (κ2) is 7.32. The van der Waals surface area contributed by atoms with Crippen LogP contribution in [-0.2, 0) is 6.54 Å². The molecule has 2 aromatic rings. The van der Waals surface area contributed by atoms with E-state index in [-0.39, 0.29) is 11.1 Å². The summed E-state index contributed by atoms with van der Waals surface area (Å²) in [5, 5.41) is 6.98. The lowest BCUT2D eigenvalue weighted by Crippen LogP contribution is -2.33. The lowest BCUT2D eigenvalue weighted by Gasteiger charge is -2.11. The Labute approximate surface area is 133 Å². The van der Waals surface area contributed by atoms with Crippen molar-refractivity contribution in [2.24, 2.45) is 0 Å². The highest BCUT2D eigenvalue weighted by molar-refractivity contribution is 5.95. The molecule has 2 rings (SSSR count). The van der Waals surface area contributed by atoms with Crippen molar-refractivity contribution in [3.63, 3.8) is 0 Å². The first-order chi connectivity index (χ1) is 10.9. The Balaban J connectivity index is 2.31. The van der Waals surface area contributed by atoms with Gasteiger partial charge in [-0.2, -0.15) is 5.10 Å². The topological polar surface area (TPSA) is 67.2 Å². The Morgan fingerprint density at radius 1 is 1.39 bits per heavy atom. The molecule has 6 nitrogen and oxygen atoms in total. The Morgan fingerprint density at radius 2 is 2.13 bits per heavy atom. The molecule has 0 spiro atoms. The number of carbonyl (C=O) groups is 1. The predicted octanol–water partition coefficient (Wildman–Crippen LogP) is 1.24. The molecular weight excluding hydrogens is 299 g/mol. The first-order valence-electron chi connectivity index (χ1n) is 7.57. The molecular formula is C16H21FN4O2. The molecule has 1 amide bonds. The summed E-state index contributed by atoms with van der Waals surface area (Å²) in [5.74, 6) is -1.04. The van der Waals surface area contributed by atoms with Crippen LogP contribution in [0.5, 0.6) is 0 Å². The Bertz CT molecular complexity index is 770. The second-order valence-corrected chi connectivity index (χ2v) is 5.57. The molecule has 0 aliphatic carbocycles. The minimum Gasteiger partial charge on any atom is -0.350 e. The molecule has 1 N–H and O–H groups in total. The predicted molar refractivity (Wildman–Crippen MR) is 87.1 cm³/mol. The number of aryl methyl sites for hydroxylation is 1. The van der Waals surface area contributed by atoms with Gasteiger partial charge in [0.05, 0.1) is 10.9 Å². The number of carbonyl (C=O) groups excluding carboxylic acids is 1. The van der Waals surface area contributed by atoms with Gasteiger partial charge >= 0.3 is 0 Å². The van der Waals surface area contributed by atoms with Crippen LogP contribution in [0.4, 0.5) is 4.39 Å². The van der Waals surface area contributed by atoms with Crippen LogP contribution in [0.1, 0.15) is 23.8 Å². The summed E-state index contributed by atoms with van der Waals surface area (Å²) in [5.41, 5.74) is -0.229. The number of amides is 1. The quantitative estimate of drug-likeness (QED) is 0.813. The third kappa shape index (κ3) is 3.92. The number of fused-ring (bicyclic) bond motifs is 1. The summed E-state index contributed by atoms with van der Waals surface area (Å²) >= 11 is 0. The fourth-order valence-electron chi connectivity index (χ4n) is 2.33. The molecule has 1 aromatic heterocycles. The normalized spacial score (nSPS) is 11.2. The van der Waals surface area contributed by atoms with Gasteiger partial charge in [-0.25, -0.2) is 4.39 Å². The highest BCUT2D eigenvalue weighted by Gasteiger charge is 2.17. The van der Waals surface area contributed by atoms with Crippen molar-refractivity contribution in [1.82, 2.24) is 20.0 Å². The smallest absolute Gasteiger partial charge is 0.275 e. The third-order valence-corrected chi connectivity index (χ3v) is 3.50. The molecule has 0 aliphatic rings. The molecule has 1 heterocycles. The van der Waals surface area contributed by atoms with Gasteiger partial charge in [-0.05, 0) is 52.2 Å². The Hall–Kier alpha value is -2.28. The first kappa shape index (κ1) is 17.1. The number of hydrogen-bond acceptors (Lipinski definition) is 4. The van der Waals surface area contributed by atoms with E-state index in [0.29, 0.717) is 18.6 Å². The van der Waals surface area contributed by atoms with Crippen LogP contribution in [0.2, 0.25) is 0 Å². The van der Waals surface area contributed by atoms with Gasteiger partial charge < -0.3 is 10.2 Å². The SMILES string of the molecule is CCn1nc(C(=O)NCCCN(C)C)c(=O)c2cc(F)ccc21. The largest absolute Gasteiger partial charge is 0.350 e. The zero-order chi connectivity index (χ0) is 17.0. The van der Waals surface area contributed by atoms with Crippen LogP contribution in [0.15, 0.2) is 23.0 Å². The number of halogens is 1. The van der Waals surface area contributed by atoms with Crippen LogP contribution in [0.25, 0.3) is 10.9 Å². The van der Waals surface area contributed by atoms with Crippen LogP contribution < -0.4 is 10.7 Å². The fraction of sp³-hybridized carbons (Fsp3) is 0.438. The summed E-state index contributed by atoms with van der Waals surface area (Å²) in [7, 11) is 3.89. The minimum absolute atomic E-state index is 0.167. The zero-order valence-corrected chi connectivity index (χ0v) is 13.6.